The summed E-state index contributed by atoms with van der Waals surface area (Å²) in [6, 6.07) is 5.84. The molecule has 1 aliphatic heterocycles. The molecule has 0 amide bonds. The summed E-state index contributed by atoms with van der Waals surface area (Å²) < 4.78 is 5.58. The minimum absolute atomic E-state index is 0.197. The zero-order valence-electron chi connectivity index (χ0n) is 6.46. The zero-order valence-corrected chi connectivity index (χ0v) is 8.11. The van der Waals surface area contributed by atoms with Crippen molar-refractivity contribution in [1.82, 2.24) is 0 Å². The topological polar surface area (TPSA) is 9.23 Å². The predicted molar refractivity (Wildman–Crippen MR) is 53.4 cm³/mol. The molecule has 1 aromatic rings. The van der Waals surface area contributed by atoms with Crippen LogP contribution in [0, 0.1) is 0 Å². The van der Waals surface area contributed by atoms with Crippen molar-refractivity contribution in [3.63, 3.8) is 0 Å². The van der Waals surface area contributed by atoms with E-state index >= 15 is 0 Å². The highest BCUT2D eigenvalue weighted by atomic mass is 35.5. The Kier molecular flexibility index (Phi) is 2.20. The second-order valence-corrected chi connectivity index (χ2v) is 3.63. The lowest BCUT2D eigenvalue weighted by Crippen LogP contribution is -2.14. The van der Waals surface area contributed by atoms with Gasteiger partial charge >= 0.3 is 0 Å². The summed E-state index contributed by atoms with van der Waals surface area (Å²) in [6.07, 6.45) is 1.13. The van der Waals surface area contributed by atoms with E-state index < -0.39 is 0 Å². The third kappa shape index (κ3) is 1.29. The molecular weight excluding hydrogens is 192 g/mol. The lowest BCUT2D eigenvalue weighted by atomic mass is 10.1. The maximum atomic E-state index is 5.94. The van der Waals surface area contributed by atoms with Gasteiger partial charge in [0, 0.05) is 12.2 Å². The maximum absolute atomic E-state index is 5.94. The smallest absolute Gasteiger partial charge is 0.141 e. The first-order chi connectivity index (χ1) is 5.81. The molecule has 0 bridgehead atoms. The van der Waals surface area contributed by atoms with E-state index in [4.69, 9.17) is 16.3 Å². The minimum atomic E-state index is 0.197. The number of hydrogen-bond donors (Lipinski definition) is 1. The summed E-state index contributed by atoms with van der Waals surface area (Å²) >= 11 is 10.1. The van der Waals surface area contributed by atoms with E-state index in [9.17, 15) is 0 Å². The van der Waals surface area contributed by atoms with Crippen molar-refractivity contribution in [3.05, 3.63) is 28.8 Å². The van der Waals surface area contributed by atoms with Crippen LogP contribution in [0.1, 0.15) is 5.56 Å². The standard InChI is InChI=1S/C9H9ClOS/c10-8-3-1-2-6-4-7(5-12)11-9(6)8/h1-3,7,12H,4-5H2. The molecule has 12 heavy (non-hydrogen) atoms. The summed E-state index contributed by atoms with van der Waals surface area (Å²) in [6.45, 7) is 0. The molecule has 0 radical (unpaired) electrons. The molecule has 0 aliphatic carbocycles. The van der Waals surface area contributed by atoms with E-state index in [0.717, 1.165) is 17.9 Å². The Morgan fingerprint density at radius 3 is 3.08 bits per heavy atom. The summed E-state index contributed by atoms with van der Waals surface area (Å²) in [4.78, 5) is 0. The van der Waals surface area contributed by atoms with Gasteiger partial charge in [0.25, 0.3) is 0 Å². The molecule has 0 spiro atoms. The fraction of sp³-hybridized carbons (Fsp3) is 0.333. The number of ether oxygens (including phenoxy) is 1. The lowest BCUT2D eigenvalue weighted by molar-refractivity contribution is 0.260. The van der Waals surface area contributed by atoms with E-state index in [0.29, 0.717) is 5.02 Å². The summed E-state index contributed by atoms with van der Waals surface area (Å²) in [5.41, 5.74) is 1.20. The number of benzene rings is 1. The van der Waals surface area contributed by atoms with Gasteiger partial charge in [-0.1, -0.05) is 23.7 Å². The fourth-order valence-electron chi connectivity index (χ4n) is 1.40. The Bertz CT molecular complexity index is 301. The molecule has 0 aromatic heterocycles. The van der Waals surface area contributed by atoms with Gasteiger partial charge in [-0.2, -0.15) is 12.6 Å². The molecular formula is C9H9ClOS. The van der Waals surface area contributed by atoms with Crippen LogP contribution in [0.25, 0.3) is 0 Å². The number of para-hydroxylation sites is 1. The molecule has 1 heterocycles. The van der Waals surface area contributed by atoms with E-state index in [1.165, 1.54) is 5.56 Å². The van der Waals surface area contributed by atoms with Gasteiger partial charge in [0.1, 0.15) is 11.9 Å². The average Bonchev–Trinajstić information content (AvgIpc) is 2.49. The Morgan fingerprint density at radius 2 is 2.42 bits per heavy atom. The highest BCUT2D eigenvalue weighted by Crippen LogP contribution is 2.35. The van der Waals surface area contributed by atoms with Crippen LogP contribution >= 0.6 is 24.2 Å². The van der Waals surface area contributed by atoms with Gasteiger partial charge in [-0.3, -0.25) is 0 Å². The number of halogens is 1. The first-order valence-electron chi connectivity index (χ1n) is 3.86. The fourth-order valence-corrected chi connectivity index (χ4v) is 1.84. The molecule has 0 saturated heterocycles. The first kappa shape index (κ1) is 8.27. The predicted octanol–water partition coefficient (Wildman–Crippen LogP) is 2.57. The van der Waals surface area contributed by atoms with Crippen LogP contribution in [0.2, 0.25) is 5.02 Å². The normalized spacial score (nSPS) is 20.3. The summed E-state index contributed by atoms with van der Waals surface area (Å²) in [7, 11) is 0. The Balaban J connectivity index is 2.35. The molecule has 64 valence electrons. The summed E-state index contributed by atoms with van der Waals surface area (Å²) in [5.74, 6) is 1.59. The van der Waals surface area contributed by atoms with Crippen molar-refractivity contribution in [2.75, 3.05) is 5.75 Å². The number of thiol groups is 1. The van der Waals surface area contributed by atoms with Crippen molar-refractivity contribution in [1.29, 1.82) is 0 Å². The average molecular weight is 201 g/mol. The second kappa shape index (κ2) is 3.19. The minimum Gasteiger partial charge on any atom is -0.487 e. The van der Waals surface area contributed by atoms with Gasteiger partial charge < -0.3 is 4.74 Å². The van der Waals surface area contributed by atoms with Crippen molar-refractivity contribution >= 4 is 24.2 Å². The van der Waals surface area contributed by atoms with Crippen LogP contribution in [0.3, 0.4) is 0 Å². The largest absolute Gasteiger partial charge is 0.487 e. The Hall–Kier alpha value is -0.340. The molecule has 1 nitrogen and oxygen atoms in total. The highest BCUT2D eigenvalue weighted by Gasteiger charge is 2.23. The molecule has 1 aliphatic rings. The zero-order chi connectivity index (χ0) is 8.55. The van der Waals surface area contributed by atoms with Gasteiger partial charge in [0.2, 0.25) is 0 Å². The van der Waals surface area contributed by atoms with Crippen molar-refractivity contribution in [2.24, 2.45) is 0 Å². The molecule has 1 aromatic carbocycles. The van der Waals surface area contributed by atoms with Crippen LogP contribution in [0.15, 0.2) is 18.2 Å². The monoisotopic (exact) mass is 200 g/mol. The Labute approximate surface area is 82.1 Å². The van der Waals surface area contributed by atoms with Gasteiger partial charge in [-0.25, -0.2) is 0 Å². The van der Waals surface area contributed by atoms with E-state index in [2.05, 4.69) is 12.6 Å². The molecule has 0 saturated carbocycles. The van der Waals surface area contributed by atoms with E-state index in [-0.39, 0.29) is 6.10 Å². The van der Waals surface area contributed by atoms with Crippen LogP contribution < -0.4 is 4.74 Å². The number of hydrogen-bond acceptors (Lipinski definition) is 2. The molecule has 0 fully saturated rings. The Morgan fingerprint density at radius 1 is 1.58 bits per heavy atom. The van der Waals surface area contributed by atoms with Gasteiger partial charge in [0.05, 0.1) is 5.02 Å². The van der Waals surface area contributed by atoms with Crippen LogP contribution in [-0.2, 0) is 6.42 Å². The van der Waals surface area contributed by atoms with E-state index in [1.807, 2.05) is 18.2 Å². The third-order valence-corrected chi connectivity index (χ3v) is 2.69. The third-order valence-electron chi connectivity index (χ3n) is 1.98. The van der Waals surface area contributed by atoms with Crippen LogP contribution in [0.4, 0.5) is 0 Å². The van der Waals surface area contributed by atoms with E-state index in [1.54, 1.807) is 0 Å². The number of fused-ring (bicyclic) bond motifs is 1. The SMILES string of the molecule is SCC1Cc2cccc(Cl)c2O1. The number of rotatable bonds is 1. The van der Waals surface area contributed by atoms with Crippen molar-refractivity contribution in [2.45, 2.75) is 12.5 Å². The molecule has 2 rings (SSSR count). The first-order valence-corrected chi connectivity index (χ1v) is 4.87. The second-order valence-electron chi connectivity index (χ2n) is 2.85. The molecule has 1 unspecified atom stereocenters. The summed E-state index contributed by atoms with van der Waals surface area (Å²) in [5, 5.41) is 0.705. The maximum Gasteiger partial charge on any atom is 0.141 e. The van der Waals surface area contributed by atoms with Crippen molar-refractivity contribution < 1.29 is 4.74 Å². The van der Waals surface area contributed by atoms with Gasteiger partial charge in [0.15, 0.2) is 0 Å². The van der Waals surface area contributed by atoms with Gasteiger partial charge in [-0.05, 0) is 11.6 Å². The highest BCUT2D eigenvalue weighted by molar-refractivity contribution is 7.80. The van der Waals surface area contributed by atoms with Crippen molar-refractivity contribution in [3.8, 4) is 5.75 Å². The van der Waals surface area contributed by atoms with Crippen LogP contribution in [0.5, 0.6) is 5.75 Å². The lowest BCUT2D eigenvalue weighted by Gasteiger charge is -2.06. The van der Waals surface area contributed by atoms with Crippen LogP contribution in [-0.4, -0.2) is 11.9 Å². The molecule has 0 N–H and O–H groups in total. The quantitative estimate of drug-likeness (QED) is 0.686. The van der Waals surface area contributed by atoms with Gasteiger partial charge in [-0.15, -0.1) is 0 Å². The molecule has 1 atom stereocenters. The molecule has 3 heteroatoms.